The first kappa shape index (κ1) is 24.6. The maximum Gasteiger partial charge on any atom is 0.280 e. The Balaban J connectivity index is 0.000000182. The number of hydrogen-bond acceptors (Lipinski definition) is 14. The van der Waals surface area contributed by atoms with E-state index < -0.39 is 48.0 Å². The Bertz CT molecular complexity index is 1560. The normalized spacial score (nSPS) is 27.4. The van der Waals surface area contributed by atoms with Crippen LogP contribution >= 0.6 is 15.9 Å². The molecule has 2 aliphatic rings. The molecule has 2 aliphatic heterocycles. The molecule has 2 saturated heterocycles. The summed E-state index contributed by atoms with van der Waals surface area (Å²) >= 11 is 3.23. The molecule has 10 N–H and O–H groups in total. The van der Waals surface area contributed by atoms with Gasteiger partial charge in [0.25, 0.3) is 11.1 Å². The van der Waals surface area contributed by atoms with E-state index in [-0.39, 0.29) is 66.6 Å². The number of aromatic amines is 2. The van der Waals surface area contributed by atoms with Crippen molar-refractivity contribution in [1.29, 1.82) is 0 Å². The average molecular weight is 618 g/mol. The van der Waals surface area contributed by atoms with Gasteiger partial charge in [0.2, 0.25) is 11.9 Å². The molecule has 212 valence electrons. The summed E-state index contributed by atoms with van der Waals surface area (Å²) in [4.78, 5) is 44.0. The van der Waals surface area contributed by atoms with Crippen LogP contribution in [0.25, 0.3) is 22.3 Å². The summed E-state index contributed by atoms with van der Waals surface area (Å²) in [5.74, 6) is -0.130. The first-order valence-corrected chi connectivity index (χ1v) is 12.4. The fourth-order valence-corrected chi connectivity index (χ4v) is 4.97. The molecule has 19 heteroatoms. The van der Waals surface area contributed by atoms with Crippen LogP contribution < -0.4 is 22.6 Å². The molecule has 4 unspecified atom stereocenters. The van der Waals surface area contributed by atoms with Crippen molar-refractivity contribution in [3.63, 3.8) is 0 Å². The molecule has 4 aromatic rings. The molecular formula is C20H27BrN10O8. The van der Waals surface area contributed by atoms with Gasteiger partial charge in [0, 0.05) is 15.8 Å². The Labute approximate surface area is 229 Å². The minimum absolute atomic E-state index is 0.0188. The summed E-state index contributed by atoms with van der Waals surface area (Å²) in [5.41, 5.74) is 10.5. The predicted octanol–water partition coefficient (Wildman–Crippen LogP) is -2.31. The molecule has 0 saturated carbocycles. The first-order valence-electron chi connectivity index (χ1n) is 13.1. The van der Waals surface area contributed by atoms with Gasteiger partial charge in [0.05, 0.1) is 31.7 Å². The van der Waals surface area contributed by atoms with Gasteiger partial charge in [-0.1, -0.05) is 0 Å². The predicted molar refractivity (Wildman–Crippen MR) is 138 cm³/mol. The highest BCUT2D eigenvalue weighted by Crippen LogP contribution is 2.33. The summed E-state index contributed by atoms with van der Waals surface area (Å²) in [5, 5.41) is 37.7. The smallest absolute Gasteiger partial charge is 0.280 e. The lowest BCUT2D eigenvalue weighted by molar-refractivity contribution is -0.0439. The summed E-state index contributed by atoms with van der Waals surface area (Å²) in [6.45, 7) is -0.633. The minimum Gasteiger partial charge on any atom is -0.394 e. The Morgan fingerprint density at radius 2 is 1.54 bits per heavy atom. The SMILES string of the molecule is Nc1nc2c(nc(Br)n2C2CC(O)[C@@H](CO)O2)c(=O)[nH]1.[2H][2H].[2H]c1nc2c(=O)[nH]c(N)nc2n1C1CC(O)[C@@H](CO)O1. The Kier molecular flexibility index (Phi) is 6.68. The summed E-state index contributed by atoms with van der Waals surface area (Å²) < 4.78 is 31.9. The summed E-state index contributed by atoms with van der Waals surface area (Å²) in [6.07, 6.45) is -4.20. The number of aliphatic hydroxyl groups excluding tert-OH is 4. The number of aliphatic hydroxyl groups is 4. The Morgan fingerprint density at radius 3 is 2.13 bits per heavy atom. The van der Waals surface area contributed by atoms with Crippen molar-refractivity contribution in [2.45, 2.75) is 49.7 Å². The van der Waals surface area contributed by atoms with Gasteiger partial charge in [0.1, 0.15) is 26.0 Å². The molecule has 18 nitrogen and oxygen atoms in total. The number of nitrogens with one attached hydrogen (secondary N) is 2. The maximum atomic E-state index is 11.8. The summed E-state index contributed by atoms with van der Waals surface area (Å²) in [7, 11) is 0. The van der Waals surface area contributed by atoms with Crippen LogP contribution in [0, 0.1) is 0 Å². The Hall–Kier alpha value is -3.46. The zero-order valence-corrected chi connectivity index (χ0v) is 21.5. The molecule has 0 bridgehead atoms. The monoisotopic (exact) mass is 617 g/mol. The van der Waals surface area contributed by atoms with E-state index >= 15 is 0 Å². The lowest BCUT2D eigenvalue weighted by atomic mass is 10.2. The van der Waals surface area contributed by atoms with Crippen molar-refractivity contribution < 1.29 is 34.2 Å². The van der Waals surface area contributed by atoms with Crippen molar-refractivity contribution >= 4 is 50.2 Å². The van der Waals surface area contributed by atoms with E-state index in [2.05, 4.69) is 45.8 Å². The molecule has 2 fully saturated rings. The third-order valence-corrected chi connectivity index (χ3v) is 6.82. The van der Waals surface area contributed by atoms with Gasteiger partial charge in [-0.3, -0.25) is 28.7 Å². The summed E-state index contributed by atoms with van der Waals surface area (Å²) in [6, 6.07) is 0. The van der Waals surface area contributed by atoms with Gasteiger partial charge in [-0.05, 0) is 15.9 Å². The topological polar surface area (TPSA) is 279 Å². The molecule has 0 spiro atoms. The molecule has 0 radical (unpaired) electrons. The van der Waals surface area contributed by atoms with Crippen molar-refractivity contribution in [2.75, 3.05) is 24.7 Å². The molecule has 6 atom stereocenters. The van der Waals surface area contributed by atoms with E-state index in [4.69, 9.17) is 35.5 Å². The number of ether oxygens (including phenoxy) is 2. The number of H-pyrrole nitrogens is 2. The fourth-order valence-electron chi connectivity index (χ4n) is 4.40. The number of imidazole rings is 2. The second kappa shape index (κ2) is 10.6. The van der Waals surface area contributed by atoms with Gasteiger partial charge in [-0.2, -0.15) is 9.97 Å². The van der Waals surface area contributed by atoms with Crippen molar-refractivity contribution in [3.05, 3.63) is 31.7 Å². The van der Waals surface area contributed by atoms with E-state index in [1.165, 1.54) is 9.13 Å². The average Bonchev–Trinajstić information content (AvgIpc) is 3.68. The van der Waals surface area contributed by atoms with E-state index in [1.54, 1.807) is 0 Å². The molecule has 0 aliphatic carbocycles. The van der Waals surface area contributed by atoms with E-state index in [0.717, 1.165) is 0 Å². The zero-order chi connectivity index (χ0) is 30.9. The van der Waals surface area contributed by atoms with Gasteiger partial charge >= 0.3 is 0 Å². The van der Waals surface area contributed by atoms with E-state index in [9.17, 15) is 19.8 Å². The molecule has 0 aromatic carbocycles. The standard InChI is InChI=1S/C10H12BrN5O4.C10H13N5O4.H2/c11-9-13-6-7(14-10(12)15-8(6)19)16(9)5-1-3(18)4(2-17)20-5;11-10-13-8-7(9(18)14-10)12-3-15(8)6-1-4(17)5(2-16)19-6;/h3-5,17-18H,1-2H2,(H3,12,14,15,19);3-6,16-17H,1-2H2,(H3,11,13,14,18);1H/t3?,4-,5?;4?,5-,6?;/m11./s1/i;3D;1+1D. The largest absolute Gasteiger partial charge is 0.394 e. The lowest BCUT2D eigenvalue weighted by Crippen LogP contribution is -2.24. The van der Waals surface area contributed by atoms with Gasteiger partial charge in [0.15, 0.2) is 27.1 Å². The van der Waals surface area contributed by atoms with Crippen LogP contribution in [0.3, 0.4) is 0 Å². The number of fused-ring (bicyclic) bond motifs is 2. The van der Waals surface area contributed by atoms with Gasteiger partial charge in [-0.15, -0.1) is 0 Å². The number of rotatable bonds is 4. The lowest BCUT2D eigenvalue weighted by Gasteiger charge is -2.14. The number of hydrogen-bond donors (Lipinski definition) is 8. The number of anilines is 2. The van der Waals surface area contributed by atoms with Crippen LogP contribution in [0.2, 0.25) is 0 Å². The van der Waals surface area contributed by atoms with Crippen LogP contribution in [-0.4, -0.2) is 97.1 Å². The quantitative estimate of drug-likeness (QED) is 0.112. The van der Waals surface area contributed by atoms with Crippen LogP contribution in [-0.2, 0) is 9.47 Å². The third kappa shape index (κ3) is 5.00. The number of halogens is 1. The second-order valence-electron chi connectivity index (χ2n) is 8.81. The van der Waals surface area contributed by atoms with E-state index in [1.807, 2.05) is 0 Å². The minimum atomic E-state index is -0.860. The number of nitrogens with zero attached hydrogens (tertiary/aromatic N) is 6. The highest BCUT2D eigenvalue weighted by atomic mass is 79.9. The van der Waals surface area contributed by atoms with Crippen LogP contribution in [0.5, 0.6) is 0 Å². The number of nitrogens with two attached hydrogens (primary N) is 2. The van der Waals surface area contributed by atoms with Gasteiger partial charge < -0.3 is 41.4 Å². The zero-order valence-electron chi connectivity index (χ0n) is 22.9. The Morgan fingerprint density at radius 1 is 1.00 bits per heavy atom. The molecular weight excluding hydrogens is 588 g/mol. The maximum absolute atomic E-state index is 11.8. The molecule has 39 heavy (non-hydrogen) atoms. The third-order valence-electron chi connectivity index (χ3n) is 6.26. The van der Waals surface area contributed by atoms with Crippen molar-refractivity contribution in [3.8, 4) is 0 Å². The molecule has 4 aromatic heterocycles. The number of aromatic nitrogens is 8. The van der Waals surface area contributed by atoms with Gasteiger partial charge in [-0.25, -0.2) is 9.97 Å². The highest BCUT2D eigenvalue weighted by Gasteiger charge is 2.37. The second-order valence-corrected chi connectivity index (χ2v) is 9.52. The highest BCUT2D eigenvalue weighted by molar-refractivity contribution is 9.10. The molecule has 0 amide bonds. The number of nitrogen functional groups attached to an aromatic ring is 2. The van der Waals surface area contributed by atoms with E-state index in [0.29, 0.717) is 4.73 Å². The fraction of sp³-hybridized carbons (Fsp3) is 0.500. The van der Waals surface area contributed by atoms with Crippen LogP contribution in [0.1, 0.15) is 29.6 Å². The molecule has 6 heterocycles. The molecule has 6 rings (SSSR count). The van der Waals surface area contributed by atoms with Crippen molar-refractivity contribution in [2.24, 2.45) is 0 Å². The van der Waals surface area contributed by atoms with Crippen LogP contribution in [0.15, 0.2) is 20.6 Å². The first-order chi connectivity index (χ1) is 20.0. The van der Waals surface area contributed by atoms with Crippen LogP contribution in [0.4, 0.5) is 11.9 Å². The van der Waals surface area contributed by atoms with Crippen molar-refractivity contribution in [1.82, 2.24) is 39.0 Å².